The van der Waals surface area contributed by atoms with Crippen molar-refractivity contribution in [2.24, 2.45) is 5.73 Å². The van der Waals surface area contributed by atoms with Crippen molar-refractivity contribution >= 4 is 17.5 Å². The molecule has 0 bridgehead atoms. The fourth-order valence-electron chi connectivity index (χ4n) is 3.04. The van der Waals surface area contributed by atoms with Crippen molar-refractivity contribution in [3.63, 3.8) is 0 Å². The van der Waals surface area contributed by atoms with Crippen LogP contribution in [0.1, 0.15) is 15.9 Å². The third-order valence-electron chi connectivity index (χ3n) is 4.41. The highest BCUT2D eigenvalue weighted by atomic mass is 35.5. The van der Waals surface area contributed by atoms with Crippen molar-refractivity contribution in [3.8, 4) is 22.4 Å². The van der Waals surface area contributed by atoms with Gasteiger partial charge in [-0.2, -0.15) is 5.10 Å². The van der Waals surface area contributed by atoms with E-state index in [0.717, 1.165) is 27.9 Å². The van der Waals surface area contributed by atoms with Crippen LogP contribution in [0.4, 0.5) is 0 Å². The first-order valence-corrected chi connectivity index (χ1v) is 8.96. The van der Waals surface area contributed by atoms with E-state index in [9.17, 15) is 4.79 Å². The van der Waals surface area contributed by atoms with E-state index in [1.807, 2.05) is 42.5 Å². The van der Waals surface area contributed by atoms with Gasteiger partial charge in [-0.3, -0.25) is 9.78 Å². The van der Waals surface area contributed by atoms with Gasteiger partial charge in [0.05, 0.1) is 12.2 Å². The molecule has 0 radical (unpaired) electrons. The maximum atomic E-state index is 11.7. The number of hydrogen-bond donors (Lipinski definition) is 1. The second kappa shape index (κ2) is 7.62. The maximum Gasteiger partial charge on any atom is 0.248 e. The van der Waals surface area contributed by atoms with E-state index in [1.165, 1.54) is 6.33 Å². The van der Waals surface area contributed by atoms with Crippen molar-refractivity contribution in [1.82, 2.24) is 19.7 Å². The van der Waals surface area contributed by atoms with E-state index < -0.39 is 5.91 Å². The zero-order chi connectivity index (χ0) is 19.5. The van der Waals surface area contributed by atoms with Crippen molar-refractivity contribution in [1.29, 1.82) is 0 Å². The molecule has 2 heterocycles. The average Bonchev–Trinajstić information content (AvgIpc) is 3.22. The summed E-state index contributed by atoms with van der Waals surface area (Å²) in [5.41, 5.74) is 10.3. The minimum absolute atomic E-state index is 0.437. The highest BCUT2D eigenvalue weighted by Gasteiger charge is 2.13. The first-order chi connectivity index (χ1) is 13.6. The van der Waals surface area contributed by atoms with Crippen molar-refractivity contribution in [2.75, 3.05) is 0 Å². The van der Waals surface area contributed by atoms with Crippen LogP contribution >= 0.6 is 11.6 Å². The summed E-state index contributed by atoms with van der Waals surface area (Å²) < 4.78 is 1.72. The number of amides is 1. The van der Waals surface area contributed by atoms with Gasteiger partial charge in [-0.15, -0.1) is 0 Å². The smallest absolute Gasteiger partial charge is 0.248 e. The molecule has 0 aliphatic rings. The highest BCUT2D eigenvalue weighted by molar-refractivity contribution is 6.33. The van der Waals surface area contributed by atoms with Gasteiger partial charge in [0.25, 0.3) is 0 Å². The van der Waals surface area contributed by atoms with E-state index in [1.54, 1.807) is 29.3 Å². The van der Waals surface area contributed by atoms with Gasteiger partial charge in [0.1, 0.15) is 12.7 Å². The zero-order valence-electron chi connectivity index (χ0n) is 14.8. The van der Waals surface area contributed by atoms with Gasteiger partial charge in [0.15, 0.2) is 0 Å². The van der Waals surface area contributed by atoms with Gasteiger partial charge in [-0.1, -0.05) is 29.8 Å². The number of rotatable bonds is 5. The quantitative estimate of drug-likeness (QED) is 0.562. The van der Waals surface area contributed by atoms with Crippen LogP contribution in [-0.2, 0) is 6.54 Å². The number of halogens is 1. The Kier molecular flexibility index (Phi) is 4.87. The number of nitrogens with zero attached hydrogens (tertiary/aromatic N) is 4. The molecule has 7 heteroatoms. The lowest BCUT2D eigenvalue weighted by Gasteiger charge is -2.13. The molecule has 0 unspecified atom stereocenters. The summed E-state index contributed by atoms with van der Waals surface area (Å²) in [7, 11) is 0. The van der Waals surface area contributed by atoms with Gasteiger partial charge in [0, 0.05) is 22.3 Å². The highest BCUT2D eigenvalue weighted by Crippen LogP contribution is 2.33. The van der Waals surface area contributed by atoms with Gasteiger partial charge in [0.2, 0.25) is 5.91 Å². The van der Waals surface area contributed by atoms with Gasteiger partial charge in [-0.25, -0.2) is 9.67 Å². The monoisotopic (exact) mass is 389 g/mol. The van der Waals surface area contributed by atoms with Crippen LogP contribution < -0.4 is 5.73 Å². The summed E-state index contributed by atoms with van der Waals surface area (Å²) in [5, 5.41) is 4.77. The lowest BCUT2D eigenvalue weighted by molar-refractivity contribution is 0.100. The maximum absolute atomic E-state index is 11.7. The number of hydrogen-bond acceptors (Lipinski definition) is 4. The Hall–Kier alpha value is -3.51. The molecule has 0 fully saturated rings. The SMILES string of the molecule is NC(=O)c1ccc(Cn2cncn2)c(-c2ccc(Cl)c(-c3ccccn3)c2)c1. The zero-order valence-corrected chi connectivity index (χ0v) is 15.5. The Morgan fingerprint density at radius 3 is 2.68 bits per heavy atom. The fraction of sp³-hybridized carbons (Fsp3) is 0.0476. The molecule has 0 spiro atoms. The second-order valence-corrected chi connectivity index (χ2v) is 6.65. The molecule has 6 nitrogen and oxygen atoms in total. The fourth-order valence-corrected chi connectivity index (χ4v) is 3.25. The summed E-state index contributed by atoms with van der Waals surface area (Å²) in [5.74, 6) is -0.479. The number of benzene rings is 2. The van der Waals surface area contributed by atoms with Crippen LogP contribution in [-0.4, -0.2) is 25.7 Å². The van der Waals surface area contributed by atoms with E-state index in [4.69, 9.17) is 17.3 Å². The van der Waals surface area contributed by atoms with E-state index >= 15 is 0 Å². The number of nitrogens with two attached hydrogens (primary N) is 1. The minimum atomic E-state index is -0.479. The number of aromatic nitrogens is 4. The molecule has 2 aromatic carbocycles. The van der Waals surface area contributed by atoms with Crippen LogP contribution in [0.15, 0.2) is 73.4 Å². The predicted octanol–water partition coefficient (Wildman–Crippen LogP) is 3.81. The number of primary amides is 1. The predicted molar refractivity (Wildman–Crippen MR) is 108 cm³/mol. The number of pyridine rings is 1. The average molecular weight is 390 g/mol. The van der Waals surface area contributed by atoms with Crippen molar-refractivity contribution in [2.45, 2.75) is 6.54 Å². The molecular weight excluding hydrogens is 374 g/mol. The molecule has 4 aromatic rings. The van der Waals surface area contributed by atoms with Gasteiger partial charge in [-0.05, 0) is 53.1 Å². The Morgan fingerprint density at radius 1 is 1.07 bits per heavy atom. The topological polar surface area (TPSA) is 86.7 Å². The molecule has 0 saturated heterocycles. The van der Waals surface area contributed by atoms with Gasteiger partial charge >= 0.3 is 0 Å². The number of carbonyl (C=O) groups excluding carboxylic acids is 1. The van der Waals surface area contributed by atoms with Crippen molar-refractivity contribution < 1.29 is 4.79 Å². The lowest BCUT2D eigenvalue weighted by atomic mass is 9.95. The van der Waals surface area contributed by atoms with Crippen LogP contribution in [0.25, 0.3) is 22.4 Å². The molecule has 2 aromatic heterocycles. The lowest BCUT2D eigenvalue weighted by Crippen LogP contribution is -2.12. The molecule has 0 saturated carbocycles. The van der Waals surface area contributed by atoms with Crippen LogP contribution in [0.2, 0.25) is 5.02 Å². The van der Waals surface area contributed by atoms with Crippen LogP contribution in [0, 0.1) is 0 Å². The normalized spacial score (nSPS) is 10.8. The van der Waals surface area contributed by atoms with Crippen LogP contribution in [0.3, 0.4) is 0 Å². The molecule has 138 valence electrons. The van der Waals surface area contributed by atoms with Crippen LogP contribution in [0.5, 0.6) is 0 Å². The Balaban J connectivity index is 1.85. The first kappa shape index (κ1) is 17.9. The molecule has 0 aliphatic carbocycles. The third kappa shape index (κ3) is 3.63. The molecule has 2 N–H and O–H groups in total. The summed E-state index contributed by atoms with van der Waals surface area (Å²) >= 11 is 6.42. The number of carbonyl (C=O) groups is 1. The van der Waals surface area contributed by atoms with E-state index in [2.05, 4.69) is 15.1 Å². The largest absolute Gasteiger partial charge is 0.366 e. The molecule has 0 aliphatic heterocycles. The standard InChI is InChI=1S/C21H16ClN5O/c22-19-7-6-14(9-18(19)20-3-1-2-8-25-20)17-10-15(21(23)28)4-5-16(17)11-27-13-24-12-26-27/h1-10,12-13H,11H2,(H2,23,28). The first-order valence-electron chi connectivity index (χ1n) is 8.58. The third-order valence-corrected chi connectivity index (χ3v) is 4.74. The Labute approximate surface area is 166 Å². The minimum Gasteiger partial charge on any atom is -0.366 e. The summed E-state index contributed by atoms with van der Waals surface area (Å²) in [4.78, 5) is 20.1. The van der Waals surface area contributed by atoms with E-state index in [-0.39, 0.29) is 0 Å². The van der Waals surface area contributed by atoms with E-state index in [0.29, 0.717) is 17.1 Å². The summed E-state index contributed by atoms with van der Waals surface area (Å²) in [6.07, 6.45) is 4.86. The van der Waals surface area contributed by atoms with Crippen molar-refractivity contribution in [3.05, 3.63) is 89.6 Å². The molecule has 0 atom stereocenters. The Morgan fingerprint density at radius 2 is 1.96 bits per heavy atom. The summed E-state index contributed by atoms with van der Waals surface area (Å²) in [6.45, 7) is 0.510. The molecule has 4 rings (SSSR count). The second-order valence-electron chi connectivity index (χ2n) is 6.24. The molecule has 1 amide bonds. The summed E-state index contributed by atoms with van der Waals surface area (Å²) in [6, 6.07) is 16.8. The molecular formula is C21H16ClN5O. The Bertz CT molecular complexity index is 1130. The van der Waals surface area contributed by atoms with Gasteiger partial charge < -0.3 is 5.73 Å². The molecule has 28 heavy (non-hydrogen) atoms.